The molecule has 1 aliphatic heterocycles. The van der Waals surface area contributed by atoms with Crippen LogP contribution in [0.3, 0.4) is 0 Å². The van der Waals surface area contributed by atoms with Crippen LogP contribution in [0.1, 0.15) is 23.9 Å². The van der Waals surface area contributed by atoms with Gasteiger partial charge in [-0.25, -0.2) is 9.98 Å². The predicted octanol–water partition coefficient (Wildman–Crippen LogP) is 5.11. The highest BCUT2D eigenvalue weighted by Gasteiger charge is 2.32. The summed E-state index contributed by atoms with van der Waals surface area (Å²) in [6, 6.07) is 17.7. The van der Waals surface area contributed by atoms with Crippen LogP contribution in [0, 0.1) is 13.8 Å². The fourth-order valence-electron chi connectivity index (χ4n) is 3.40. The number of hydrogen-bond acceptors (Lipinski definition) is 4. The standard InChI is InChI=1S/C23H22N4OS/c1-4-26-22(28)20(29-23(26)25-19-10-6-5-7-11-19)15-18-14-16(2)27(17(18)3)21-12-8-9-13-24-21/h5-15H,4H2,1-3H3/b20-15-,25-23?. The third-order valence-electron chi connectivity index (χ3n) is 4.82. The molecule has 0 spiro atoms. The summed E-state index contributed by atoms with van der Waals surface area (Å²) in [5, 5.41) is 0.716. The molecule has 1 aliphatic rings. The van der Waals surface area contributed by atoms with Crippen molar-refractivity contribution in [1.29, 1.82) is 0 Å². The highest BCUT2D eigenvalue weighted by Crippen LogP contribution is 2.35. The first-order valence-corrected chi connectivity index (χ1v) is 10.4. The number of likely N-dealkylation sites (N-methyl/N-ethyl adjacent to an activating group) is 1. The van der Waals surface area contributed by atoms with E-state index in [1.54, 1.807) is 11.1 Å². The Kier molecular flexibility index (Phi) is 5.36. The number of thioether (sulfide) groups is 1. The van der Waals surface area contributed by atoms with E-state index in [9.17, 15) is 4.79 Å². The number of aromatic nitrogens is 2. The van der Waals surface area contributed by atoms with E-state index < -0.39 is 0 Å². The zero-order chi connectivity index (χ0) is 20.4. The molecule has 0 atom stereocenters. The summed E-state index contributed by atoms with van der Waals surface area (Å²) in [6.45, 7) is 6.65. The predicted molar refractivity (Wildman–Crippen MR) is 120 cm³/mol. The van der Waals surface area contributed by atoms with Crippen molar-refractivity contribution in [2.75, 3.05) is 6.54 Å². The van der Waals surface area contributed by atoms with Crippen LogP contribution in [0.4, 0.5) is 5.69 Å². The average molecular weight is 403 g/mol. The molecule has 0 N–H and O–H groups in total. The monoisotopic (exact) mass is 402 g/mol. The van der Waals surface area contributed by atoms with Crippen molar-refractivity contribution in [3.63, 3.8) is 0 Å². The van der Waals surface area contributed by atoms with Crippen molar-refractivity contribution in [2.45, 2.75) is 20.8 Å². The van der Waals surface area contributed by atoms with Gasteiger partial charge in [0, 0.05) is 24.1 Å². The van der Waals surface area contributed by atoms with Crippen molar-refractivity contribution in [1.82, 2.24) is 14.5 Å². The molecule has 2 aromatic heterocycles. The van der Waals surface area contributed by atoms with Gasteiger partial charge < -0.3 is 4.57 Å². The second kappa shape index (κ2) is 8.09. The number of benzene rings is 1. The second-order valence-electron chi connectivity index (χ2n) is 6.74. The molecule has 1 saturated heterocycles. The molecular formula is C23H22N4OS. The zero-order valence-electron chi connectivity index (χ0n) is 16.7. The van der Waals surface area contributed by atoms with Crippen LogP contribution in [-0.2, 0) is 4.79 Å². The first kappa shape index (κ1) is 19.2. The van der Waals surface area contributed by atoms with Crippen LogP contribution in [-0.4, -0.2) is 32.1 Å². The van der Waals surface area contributed by atoms with Crippen LogP contribution < -0.4 is 0 Å². The molecule has 0 saturated carbocycles. The molecule has 0 bridgehead atoms. The molecule has 6 heteroatoms. The Morgan fingerprint density at radius 1 is 1.10 bits per heavy atom. The van der Waals surface area contributed by atoms with E-state index >= 15 is 0 Å². The lowest BCUT2D eigenvalue weighted by atomic mass is 10.2. The zero-order valence-corrected chi connectivity index (χ0v) is 17.5. The Labute approximate surface area is 174 Å². The van der Waals surface area contributed by atoms with Gasteiger partial charge in [-0.3, -0.25) is 9.69 Å². The van der Waals surface area contributed by atoms with Crippen LogP contribution in [0.15, 0.2) is 70.7 Å². The van der Waals surface area contributed by atoms with Crippen molar-refractivity contribution in [3.05, 3.63) is 82.7 Å². The van der Waals surface area contributed by atoms with E-state index in [1.807, 2.05) is 68.5 Å². The van der Waals surface area contributed by atoms with Gasteiger partial charge in [0.25, 0.3) is 5.91 Å². The highest BCUT2D eigenvalue weighted by atomic mass is 32.2. The fraction of sp³-hybridized carbons (Fsp3) is 0.174. The largest absolute Gasteiger partial charge is 0.303 e. The number of aryl methyl sites for hydroxylation is 1. The number of carbonyl (C=O) groups excluding carboxylic acids is 1. The summed E-state index contributed by atoms with van der Waals surface area (Å²) in [5.74, 6) is 0.869. The topological polar surface area (TPSA) is 50.5 Å². The molecule has 0 unspecified atom stereocenters. The summed E-state index contributed by atoms with van der Waals surface area (Å²) in [5.41, 5.74) is 3.99. The minimum absolute atomic E-state index is 0.00480. The molecule has 146 valence electrons. The third kappa shape index (κ3) is 3.76. The molecule has 0 radical (unpaired) electrons. The second-order valence-corrected chi connectivity index (χ2v) is 7.75. The van der Waals surface area contributed by atoms with E-state index in [-0.39, 0.29) is 5.91 Å². The molecule has 1 aromatic carbocycles. The lowest BCUT2D eigenvalue weighted by Gasteiger charge is -2.11. The van der Waals surface area contributed by atoms with Gasteiger partial charge >= 0.3 is 0 Å². The Hall–Kier alpha value is -3.12. The number of carbonyl (C=O) groups is 1. The van der Waals surface area contributed by atoms with Crippen LogP contribution >= 0.6 is 11.8 Å². The summed E-state index contributed by atoms with van der Waals surface area (Å²) in [4.78, 5) is 24.5. The smallest absolute Gasteiger partial charge is 0.266 e. The molecule has 1 amide bonds. The molecule has 3 aromatic rings. The Morgan fingerprint density at radius 3 is 2.55 bits per heavy atom. The van der Waals surface area contributed by atoms with Gasteiger partial charge in [0.2, 0.25) is 0 Å². The fourth-order valence-corrected chi connectivity index (χ4v) is 4.45. The molecule has 4 rings (SSSR count). The molecule has 29 heavy (non-hydrogen) atoms. The van der Waals surface area contributed by atoms with Gasteiger partial charge in [0.1, 0.15) is 5.82 Å². The minimum atomic E-state index is -0.00480. The number of aliphatic imine (C=N–C) groups is 1. The van der Waals surface area contributed by atoms with Crippen molar-refractivity contribution in [2.24, 2.45) is 4.99 Å². The van der Waals surface area contributed by atoms with Gasteiger partial charge in [-0.15, -0.1) is 0 Å². The van der Waals surface area contributed by atoms with Crippen molar-refractivity contribution >= 4 is 34.6 Å². The lowest BCUT2D eigenvalue weighted by Crippen LogP contribution is -2.28. The SMILES string of the molecule is CCN1C(=O)/C(=C/c2cc(C)n(-c3ccccn3)c2C)SC1=Nc1ccccc1. The Bertz CT molecular complexity index is 1100. The number of amidine groups is 1. The van der Waals surface area contributed by atoms with Crippen molar-refractivity contribution < 1.29 is 4.79 Å². The van der Waals surface area contributed by atoms with Gasteiger partial charge in [0.05, 0.1) is 10.6 Å². The Balaban J connectivity index is 1.70. The highest BCUT2D eigenvalue weighted by molar-refractivity contribution is 8.18. The van der Waals surface area contributed by atoms with E-state index in [1.165, 1.54) is 11.8 Å². The first-order valence-electron chi connectivity index (χ1n) is 9.54. The van der Waals surface area contributed by atoms with Gasteiger partial charge in [-0.05, 0) is 74.5 Å². The van der Waals surface area contributed by atoms with Gasteiger partial charge in [-0.1, -0.05) is 24.3 Å². The average Bonchev–Trinajstić information content (AvgIpc) is 3.18. The third-order valence-corrected chi connectivity index (χ3v) is 5.83. The molecule has 1 fully saturated rings. The molecule has 5 nitrogen and oxygen atoms in total. The van der Waals surface area contributed by atoms with E-state index in [0.29, 0.717) is 16.6 Å². The molecule has 0 aliphatic carbocycles. The van der Waals surface area contributed by atoms with Crippen LogP contribution in [0.25, 0.3) is 11.9 Å². The number of pyridine rings is 1. The normalized spacial score (nSPS) is 16.9. The summed E-state index contributed by atoms with van der Waals surface area (Å²) < 4.78 is 2.10. The number of nitrogens with zero attached hydrogens (tertiary/aromatic N) is 4. The molecule has 3 heterocycles. The summed E-state index contributed by atoms with van der Waals surface area (Å²) in [6.07, 6.45) is 3.75. The first-order chi connectivity index (χ1) is 14.1. The maximum absolute atomic E-state index is 13.0. The Morgan fingerprint density at radius 2 is 1.86 bits per heavy atom. The van der Waals surface area contributed by atoms with E-state index in [2.05, 4.69) is 27.5 Å². The van der Waals surface area contributed by atoms with Crippen LogP contribution in [0.5, 0.6) is 0 Å². The van der Waals surface area contributed by atoms with Crippen molar-refractivity contribution in [3.8, 4) is 5.82 Å². The number of hydrogen-bond donors (Lipinski definition) is 0. The minimum Gasteiger partial charge on any atom is -0.303 e. The maximum atomic E-state index is 13.0. The lowest BCUT2D eigenvalue weighted by molar-refractivity contribution is -0.122. The number of para-hydroxylation sites is 1. The summed E-state index contributed by atoms with van der Waals surface area (Å²) in [7, 11) is 0. The number of rotatable bonds is 4. The van der Waals surface area contributed by atoms with E-state index in [0.717, 1.165) is 28.5 Å². The van der Waals surface area contributed by atoms with Gasteiger partial charge in [0.15, 0.2) is 5.17 Å². The number of amides is 1. The van der Waals surface area contributed by atoms with E-state index in [4.69, 9.17) is 0 Å². The molecular weight excluding hydrogens is 380 g/mol. The maximum Gasteiger partial charge on any atom is 0.266 e. The van der Waals surface area contributed by atoms with Crippen LogP contribution in [0.2, 0.25) is 0 Å². The summed E-state index contributed by atoms with van der Waals surface area (Å²) >= 11 is 1.42. The van der Waals surface area contributed by atoms with Gasteiger partial charge in [-0.2, -0.15) is 0 Å². The quantitative estimate of drug-likeness (QED) is 0.570.